The Bertz CT molecular complexity index is 535. The topological polar surface area (TPSA) is 50.2 Å². The van der Waals surface area contributed by atoms with Crippen molar-refractivity contribution in [3.8, 4) is 11.1 Å². The molecule has 2 aromatic rings. The Morgan fingerprint density at radius 3 is 2.59 bits per heavy atom. The molecule has 0 aliphatic carbocycles. The van der Waals surface area contributed by atoms with E-state index in [1.807, 2.05) is 43.3 Å². The number of benzene rings is 1. The van der Waals surface area contributed by atoms with Crippen molar-refractivity contribution in [3.05, 3.63) is 53.9 Å². The number of aryl methyl sites for hydroxylation is 1. The lowest BCUT2D eigenvalue weighted by Gasteiger charge is -2.10. The fourth-order valence-corrected chi connectivity index (χ4v) is 1.86. The minimum atomic E-state index is -0.835. The first-order valence-electron chi connectivity index (χ1n) is 5.40. The smallest absolute Gasteiger partial charge is 0.307 e. The van der Waals surface area contributed by atoms with Gasteiger partial charge in [-0.15, -0.1) is 0 Å². The molecule has 0 amide bonds. The van der Waals surface area contributed by atoms with E-state index in [0.717, 1.165) is 22.4 Å². The summed E-state index contributed by atoms with van der Waals surface area (Å²) in [5.41, 5.74) is 3.52. The first kappa shape index (κ1) is 11.3. The molecule has 1 heterocycles. The van der Waals surface area contributed by atoms with Gasteiger partial charge >= 0.3 is 5.97 Å². The molecule has 2 rings (SSSR count). The van der Waals surface area contributed by atoms with E-state index in [2.05, 4.69) is 4.98 Å². The number of carboxylic acid groups (broad SMARTS) is 1. The quantitative estimate of drug-likeness (QED) is 0.877. The third-order valence-corrected chi connectivity index (χ3v) is 2.68. The van der Waals surface area contributed by atoms with Crippen LogP contribution < -0.4 is 0 Å². The van der Waals surface area contributed by atoms with Crippen LogP contribution in [-0.4, -0.2) is 16.1 Å². The van der Waals surface area contributed by atoms with Gasteiger partial charge in [-0.2, -0.15) is 0 Å². The van der Waals surface area contributed by atoms with Gasteiger partial charge in [0.15, 0.2) is 0 Å². The summed E-state index contributed by atoms with van der Waals surface area (Å²) in [6.07, 6.45) is 1.72. The van der Waals surface area contributed by atoms with Crippen molar-refractivity contribution in [3.63, 3.8) is 0 Å². The van der Waals surface area contributed by atoms with E-state index in [1.54, 1.807) is 6.20 Å². The molecule has 0 aliphatic rings. The summed E-state index contributed by atoms with van der Waals surface area (Å²) < 4.78 is 0. The Kier molecular flexibility index (Phi) is 3.19. The number of aromatic nitrogens is 1. The average molecular weight is 227 g/mol. The molecule has 1 N–H and O–H groups in total. The Labute approximate surface area is 99.8 Å². The summed E-state index contributed by atoms with van der Waals surface area (Å²) in [5.74, 6) is -0.835. The van der Waals surface area contributed by atoms with Crippen LogP contribution in [0.25, 0.3) is 11.1 Å². The first-order chi connectivity index (χ1) is 8.18. The summed E-state index contributed by atoms with van der Waals surface area (Å²) in [6, 6.07) is 11.6. The van der Waals surface area contributed by atoms with Crippen LogP contribution in [-0.2, 0) is 11.2 Å². The Morgan fingerprint density at radius 1 is 1.24 bits per heavy atom. The van der Waals surface area contributed by atoms with Crippen molar-refractivity contribution in [2.24, 2.45) is 0 Å². The number of hydrogen-bond acceptors (Lipinski definition) is 2. The van der Waals surface area contributed by atoms with Gasteiger partial charge < -0.3 is 5.11 Å². The van der Waals surface area contributed by atoms with E-state index in [9.17, 15) is 4.79 Å². The Hall–Kier alpha value is -2.16. The van der Waals surface area contributed by atoms with E-state index in [4.69, 9.17) is 5.11 Å². The van der Waals surface area contributed by atoms with Gasteiger partial charge in [-0.05, 0) is 29.7 Å². The summed E-state index contributed by atoms with van der Waals surface area (Å²) in [6.45, 7) is 1.84. The number of aliphatic carboxylic acids is 1. The van der Waals surface area contributed by atoms with Gasteiger partial charge in [0.05, 0.1) is 6.42 Å². The van der Waals surface area contributed by atoms with Crippen molar-refractivity contribution in [1.29, 1.82) is 0 Å². The summed E-state index contributed by atoms with van der Waals surface area (Å²) >= 11 is 0. The van der Waals surface area contributed by atoms with Crippen LogP contribution in [0.4, 0.5) is 0 Å². The largest absolute Gasteiger partial charge is 0.481 e. The Balaban J connectivity index is 2.54. The van der Waals surface area contributed by atoms with Crippen molar-refractivity contribution in [2.75, 3.05) is 0 Å². The average Bonchev–Trinajstić information content (AvgIpc) is 2.32. The minimum absolute atomic E-state index is 0.00387. The monoisotopic (exact) mass is 227 g/mol. The molecular formula is C14H13NO2. The summed E-state index contributed by atoms with van der Waals surface area (Å²) in [7, 11) is 0. The van der Waals surface area contributed by atoms with E-state index in [1.165, 1.54) is 0 Å². The lowest BCUT2D eigenvalue weighted by Crippen LogP contribution is -2.05. The molecule has 0 saturated heterocycles. The van der Waals surface area contributed by atoms with E-state index in [-0.39, 0.29) is 6.42 Å². The molecule has 0 unspecified atom stereocenters. The third-order valence-electron chi connectivity index (χ3n) is 2.68. The van der Waals surface area contributed by atoms with Crippen molar-refractivity contribution in [2.45, 2.75) is 13.3 Å². The first-order valence-corrected chi connectivity index (χ1v) is 5.40. The summed E-state index contributed by atoms with van der Waals surface area (Å²) in [4.78, 5) is 15.0. The highest BCUT2D eigenvalue weighted by molar-refractivity contribution is 5.77. The molecule has 0 spiro atoms. The predicted molar refractivity (Wildman–Crippen MR) is 65.7 cm³/mol. The molecule has 3 nitrogen and oxygen atoms in total. The van der Waals surface area contributed by atoms with Crippen molar-refractivity contribution < 1.29 is 9.90 Å². The zero-order chi connectivity index (χ0) is 12.3. The van der Waals surface area contributed by atoms with E-state index in [0.29, 0.717) is 0 Å². The molecular weight excluding hydrogens is 214 g/mol. The fraction of sp³-hybridized carbons (Fsp3) is 0.143. The molecule has 86 valence electrons. The SMILES string of the molecule is Cc1nccc(-c2ccccc2)c1CC(=O)O. The normalized spacial score (nSPS) is 10.2. The van der Waals surface area contributed by atoms with Gasteiger partial charge in [-0.3, -0.25) is 9.78 Å². The number of nitrogens with zero attached hydrogens (tertiary/aromatic N) is 1. The van der Waals surface area contributed by atoms with Crippen LogP contribution >= 0.6 is 0 Å². The second-order valence-corrected chi connectivity index (χ2v) is 3.86. The lowest BCUT2D eigenvalue weighted by molar-refractivity contribution is -0.136. The summed E-state index contributed by atoms with van der Waals surface area (Å²) in [5, 5.41) is 8.93. The molecule has 1 aromatic heterocycles. The van der Waals surface area contributed by atoms with Crippen LogP contribution in [0.15, 0.2) is 42.6 Å². The second kappa shape index (κ2) is 4.78. The maximum absolute atomic E-state index is 10.9. The van der Waals surface area contributed by atoms with Gasteiger partial charge in [-0.25, -0.2) is 0 Å². The molecule has 3 heteroatoms. The zero-order valence-corrected chi connectivity index (χ0v) is 9.55. The third kappa shape index (κ3) is 2.50. The molecule has 0 saturated carbocycles. The van der Waals surface area contributed by atoms with Gasteiger partial charge in [0.1, 0.15) is 0 Å². The van der Waals surface area contributed by atoms with Gasteiger partial charge in [0, 0.05) is 11.9 Å². The molecule has 0 bridgehead atoms. The highest BCUT2D eigenvalue weighted by atomic mass is 16.4. The van der Waals surface area contributed by atoms with Gasteiger partial charge in [0.2, 0.25) is 0 Å². The van der Waals surface area contributed by atoms with Crippen LogP contribution in [0.1, 0.15) is 11.3 Å². The molecule has 0 radical (unpaired) electrons. The van der Waals surface area contributed by atoms with Crippen molar-refractivity contribution in [1.82, 2.24) is 4.98 Å². The lowest BCUT2D eigenvalue weighted by atomic mass is 9.97. The van der Waals surface area contributed by atoms with Gasteiger partial charge in [0.25, 0.3) is 0 Å². The standard InChI is InChI=1S/C14H13NO2/c1-10-13(9-14(16)17)12(7-8-15-10)11-5-3-2-4-6-11/h2-8H,9H2,1H3,(H,16,17). The fourth-order valence-electron chi connectivity index (χ4n) is 1.86. The number of carbonyl (C=O) groups is 1. The Morgan fingerprint density at radius 2 is 1.94 bits per heavy atom. The second-order valence-electron chi connectivity index (χ2n) is 3.86. The molecule has 0 atom stereocenters. The maximum atomic E-state index is 10.9. The predicted octanol–water partition coefficient (Wildman–Crippen LogP) is 2.68. The number of rotatable bonds is 3. The maximum Gasteiger partial charge on any atom is 0.307 e. The molecule has 17 heavy (non-hydrogen) atoms. The van der Waals surface area contributed by atoms with Crippen LogP contribution in [0, 0.1) is 6.92 Å². The number of pyridine rings is 1. The van der Waals surface area contributed by atoms with Crippen LogP contribution in [0.5, 0.6) is 0 Å². The highest BCUT2D eigenvalue weighted by Gasteiger charge is 2.11. The van der Waals surface area contributed by atoms with E-state index >= 15 is 0 Å². The zero-order valence-electron chi connectivity index (χ0n) is 9.55. The minimum Gasteiger partial charge on any atom is -0.481 e. The van der Waals surface area contributed by atoms with Crippen LogP contribution in [0.2, 0.25) is 0 Å². The van der Waals surface area contributed by atoms with Gasteiger partial charge in [-0.1, -0.05) is 30.3 Å². The number of hydrogen-bond donors (Lipinski definition) is 1. The highest BCUT2D eigenvalue weighted by Crippen LogP contribution is 2.25. The molecule has 0 fully saturated rings. The van der Waals surface area contributed by atoms with E-state index < -0.39 is 5.97 Å². The van der Waals surface area contributed by atoms with Crippen molar-refractivity contribution >= 4 is 5.97 Å². The van der Waals surface area contributed by atoms with Crippen LogP contribution in [0.3, 0.4) is 0 Å². The molecule has 1 aromatic carbocycles. The number of carboxylic acids is 1. The molecule has 0 aliphatic heterocycles.